The minimum absolute atomic E-state index is 0.156. The van der Waals surface area contributed by atoms with Crippen molar-refractivity contribution in [1.82, 2.24) is 24.3 Å². The molecule has 3 aromatic heterocycles. The van der Waals surface area contributed by atoms with Crippen molar-refractivity contribution in [3.05, 3.63) is 40.4 Å². The molecular weight excluding hydrogens is 336 g/mol. The van der Waals surface area contributed by atoms with Crippen molar-refractivity contribution in [2.24, 2.45) is 0 Å². The van der Waals surface area contributed by atoms with Crippen molar-refractivity contribution in [2.75, 3.05) is 6.26 Å². The third-order valence-electron chi connectivity index (χ3n) is 4.01. The topological polar surface area (TPSA) is 89.4 Å². The van der Waals surface area contributed by atoms with Crippen molar-refractivity contribution in [3.8, 4) is 11.9 Å². The molecule has 0 saturated heterocycles. The molecule has 0 radical (unpaired) electrons. The van der Waals surface area contributed by atoms with E-state index in [4.69, 9.17) is 0 Å². The Labute approximate surface area is 149 Å². The molecule has 7 nitrogen and oxygen atoms in total. The molecule has 0 spiro atoms. The molecule has 3 rings (SSSR count). The molecular formula is C17H18N6OS. The Hall–Kier alpha value is -2.66. The van der Waals surface area contributed by atoms with Crippen LogP contribution in [0.1, 0.15) is 26.5 Å². The van der Waals surface area contributed by atoms with E-state index in [0.717, 1.165) is 0 Å². The van der Waals surface area contributed by atoms with Crippen LogP contribution in [-0.4, -0.2) is 30.6 Å². The number of hydrogen-bond donors (Lipinski definition) is 0. The fraction of sp³-hybridized carbons (Fsp3) is 0.353. The number of hydrogen-bond acceptors (Lipinski definition) is 6. The van der Waals surface area contributed by atoms with Crippen LogP contribution in [0.25, 0.3) is 16.9 Å². The molecule has 0 unspecified atom stereocenters. The van der Waals surface area contributed by atoms with Gasteiger partial charge in [-0.15, -0.1) is 0 Å². The lowest BCUT2D eigenvalue weighted by molar-refractivity contribution is 0.561. The van der Waals surface area contributed by atoms with Gasteiger partial charge in [-0.1, -0.05) is 17.8 Å². The summed E-state index contributed by atoms with van der Waals surface area (Å²) in [5, 5.41) is 10.4. The van der Waals surface area contributed by atoms with E-state index in [9.17, 15) is 10.1 Å². The Morgan fingerprint density at radius 1 is 1.32 bits per heavy atom. The second-order valence-electron chi connectivity index (χ2n) is 6.04. The first-order valence-electron chi connectivity index (χ1n) is 7.84. The number of rotatable bonds is 4. The van der Waals surface area contributed by atoms with Gasteiger partial charge < -0.3 is 0 Å². The van der Waals surface area contributed by atoms with E-state index in [1.165, 1.54) is 11.8 Å². The fourth-order valence-corrected chi connectivity index (χ4v) is 2.91. The van der Waals surface area contributed by atoms with Gasteiger partial charge >= 0.3 is 0 Å². The molecule has 0 aliphatic heterocycles. The number of aromatic nitrogens is 5. The molecule has 0 N–H and O–H groups in total. The van der Waals surface area contributed by atoms with Gasteiger partial charge in [0.25, 0.3) is 5.56 Å². The van der Waals surface area contributed by atoms with E-state index in [1.54, 1.807) is 15.6 Å². The summed E-state index contributed by atoms with van der Waals surface area (Å²) < 4.78 is 3.28. The lowest BCUT2D eigenvalue weighted by atomic mass is 9.91. The molecule has 0 aliphatic carbocycles. The van der Waals surface area contributed by atoms with Gasteiger partial charge in [0.2, 0.25) is 0 Å². The molecule has 0 aromatic carbocycles. The maximum absolute atomic E-state index is 12.7. The lowest BCUT2D eigenvalue weighted by Gasteiger charge is -2.17. The summed E-state index contributed by atoms with van der Waals surface area (Å²) in [6.07, 6.45) is 3.44. The molecule has 0 aliphatic rings. The van der Waals surface area contributed by atoms with Crippen molar-refractivity contribution >= 4 is 22.8 Å². The molecule has 128 valence electrons. The number of pyridine rings is 1. The summed E-state index contributed by atoms with van der Waals surface area (Å²) >= 11 is 1.41. The minimum atomic E-state index is -0.726. The average Bonchev–Trinajstić information content (AvgIpc) is 2.93. The summed E-state index contributed by atoms with van der Waals surface area (Å²) in [6.45, 7) is 5.99. The van der Waals surface area contributed by atoms with Gasteiger partial charge in [0.1, 0.15) is 5.39 Å². The highest BCUT2D eigenvalue weighted by Gasteiger charge is 2.23. The highest BCUT2D eigenvalue weighted by Crippen LogP contribution is 2.22. The van der Waals surface area contributed by atoms with Crippen LogP contribution in [0.4, 0.5) is 0 Å². The smallest absolute Gasteiger partial charge is 0.267 e. The van der Waals surface area contributed by atoms with Gasteiger partial charge in [0.15, 0.2) is 16.6 Å². The van der Waals surface area contributed by atoms with Crippen LogP contribution in [0.5, 0.6) is 0 Å². The van der Waals surface area contributed by atoms with Gasteiger partial charge in [-0.3, -0.25) is 4.79 Å². The first-order valence-corrected chi connectivity index (χ1v) is 9.07. The summed E-state index contributed by atoms with van der Waals surface area (Å²) in [7, 11) is 0. The third kappa shape index (κ3) is 2.81. The van der Waals surface area contributed by atoms with E-state index in [0.29, 0.717) is 34.2 Å². The predicted molar refractivity (Wildman–Crippen MR) is 97.0 cm³/mol. The van der Waals surface area contributed by atoms with E-state index in [-0.39, 0.29) is 5.56 Å². The van der Waals surface area contributed by atoms with E-state index in [1.807, 2.05) is 45.2 Å². The quantitative estimate of drug-likeness (QED) is 0.528. The Morgan fingerprint density at radius 3 is 2.72 bits per heavy atom. The highest BCUT2D eigenvalue weighted by atomic mass is 32.2. The molecule has 25 heavy (non-hydrogen) atoms. The summed E-state index contributed by atoms with van der Waals surface area (Å²) in [6, 6.07) is 7.72. The van der Waals surface area contributed by atoms with Crippen LogP contribution in [0, 0.1) is 11.3 Å². The standard InChI is InChI=1S/C17H18N6OS/c1-5-22-15(24)11-9-19-16(25-4)21-14(11)23(22)13-8-6-7-12(20-13)17(2,3)10-18/h6-9H,5H2,1-4H3. The molecule has 0 amide bonds. The summed E-state index contributed by atoms with van der Waals surface area (Å²) in [5.41, 5.74) is 0.279. The Balaban J connectivity index is 2.34. The number of nitriles is 1. The Morgan fingerprint density at radius 2 is 2.08 bits per heavy atom. The van der Waals surface area contributed by atoms with Crippen LogP contribution < -0.4 is 5.56 Å². The molecule has 3 heterocycles. The van der Waals surface area contributed by atoms with E-state index in [2.05, 4.69) is 21.0 Å². The molecule has 0 saturated carbocycles. The lowest BCUT2D eigenvalue weighted by Crippen LogP contribution is -2.23. The maximum atomic E-state index is 12.7. The normalized spacial score (nSPS) is 11.6. The molecule has 0 atom stereocenters. The highest BCUT2D eigenvalue weighted by molar-refractivity contribution is 7.98. The zero-order chi connectivity index (χ0) is 18.2. The van der Waals surface area contributed by atoms with Crippen LogP contribution in [0.3, 0.4) is 0 Å². The van der Waals surface area contributed by atoms with Gasteiger partial charge in [-0.05, 0) is 39.2 Å². The van der Waals surface area contributed by atoms with Gasteiger partial charge in [0.05, 0.1) is 17.2 Å². The molecule has 0 fully saturated rings. The Kier molecular flexibility index (Phi) is 4.35. The monoisotopic (exact) mass is 354 g/mol. The Bertz CT molecular complexity index is 1040. The van der Waals surface area contributed by atoms with Crippen LogP contribution in [0.15, 0.2) is 34.3 Å². The zero-order valence-electron chi connectivity index (χ0n) is 14.5. The summed E-state index contributed by atoms with van der Waals surface area (Å²) in [4.78, 5) is 26.0. The van der Waals surface area contributed by atoms with Crippen LogP contribution in [-0.2, 0) is 12.0 Å². The summed E-state index contributed by atoms with van der Waals surface area (Å²) in [5.74, 6) is 0.556. The van der Waals surface area contributed by atoms with Crippen molar-refractivity contribution < 1.29 is 0 Å². The molecule has 8 heteroatoms. The van der Waals surface area contributed by atoms with Crippen LogP contribution >= 0.6 is 11.8 Å². The molecule has 3 aromatic rings. The average molecular weight is 354 g/mol. The third-order valence-corrected chi connectivity index (χ3v) is 4.57. The van der Waals surface area contributed by atoms with Gasteiger partial charge in [-0.2, -0.15) is 5.26 Å². The van der Waals surface area contributed by atoms with Crippen molar-refractivity contribution in [2.45, 2.75) is 37.9 Å². The number of nitrogens with zero attached hydrogens (tertiary/aromatic N) is 6. The first kappa shape index (κ1) is 17.2. The maximum Gasteiger partial charge on any atom is 0.278 e. The van der Waals surface area contributed by atoms with Gasteiger partial charge in [0, 0.05) is 12.7 Å². The van der Waals surface area contributed by atoms with Crippen molar-refractivity contribution in [1.29, 1.82) is 5.26 Å². The largest absolute Gasteiger partial charge is 0.278 e. The zero-order valence-corrected chi connectivity index (χ0v) is 15.3. The van der Waals surface area contributed by atoms with E-state index >= 15 is 0 Å². The van der Waals surface area contributed by atoms with Crippen LogP contribution in [0.2, 0.25) is 0 Å². The van der Waals surface area contributed by atoms with E-state index < -0.39 is 5.41 Å². The first-order chi connectivity index (χ1) is 11.9. The molecule has 0 bridgehead atoms. The SMILES string of the molecule is CCn1c(=O)c2cnc(SC)nc2n1-c1cccc(C(C)(C)C#N)n1. The van der Waals surface area contributed by atoms with Gasteiger partial charge in [-0.25, -0.2) is 24.3 Å². The predicted octanol–water partition coefficient (Wildman–Crippen LogP) is 2.52. The van der Waals surface area contributed by atoms with Crippen molar-refractivity contribution in [3.63, 3.8) is 0 Å². The minimum Gasteiger partial charge on any atom is -0.267 e. The second kappa shape index (κ2) is 6.33. The number of thioether (sulfide) groups is 1. The second-order valence-corrected chi connectivity index (χ2v) is 6.82. The number of fused-ring (bicyclic) bond motifs is 1. The fourth-order valence-electron chi connectivity index (χ4n) is 2.58.